The lowest BCUT2D eigenvalue weighted by atomic mass is 10.1. The van der Waals surface area contributed by atoms with E-state index in [9.17, 15) is 8.42 Å². The van der Waals surface area contributed by atoms with Crippen LogP contribution in [0.15, 0.2) is 93.2 Å². The summed E-state index contributed by atoms with van der Waals surface area (Å²) in [4.78, 5) is 8.46. The maximum Gasteiger partial charge on any atom is 0.240 e. The van der Waals surface area contributed by atoms with Crippen LogP contribution < -0.4 is 10.1 Å². The largest absolute Gasteiger partial charge is 0.440 e. The standard InChI is InChI=1S/C24H21N3O3S/c28-31(29,17-9-2-1-3-10-17)26-16-8-15-25-23-19-12-5-7-14-21(19)30-24-22(23)18-11-4-6-13-20(18)27-24/h1-7,9-14,26-27H,8,15-16H2. The summed E-state index contributed by atoms with van der Waals surface area (Å²) >= 11 is 0. The highest BCUT2D eigenvalue weighted by atomic mass is 32.2. The van der Waals surface area contributed by atoms with Crippen molar-refractivity contribution in [2.45, 2.75) is 11.3 Å². The van der Waals surface area contributed by atoms with Gasteiger partial charge in [0.05, 0.1) is 15.6 Å². The Kier molecular flexibility index (Phi) is 5.05. The fraction of sp³-hybridized carbons (Fsp3) is 0.125. The predicted octanol–water partition coefficient (Wildman–Crippen LogP) is 4.34. The Labute approximate surface area is 179 Å². The highest BCUT2D eigenvalue weighted by molar-refractivity contribution is 7.89. The SMILES string of the molecule is O=S(=O)(NCCCN=c1c2ccccc2oc2[nH]c3ccccc3c12)c1ccccc1. The van der Waals surface area contributed by atoms with Crippen LogP contribution in [0, 0.1) is 0 Å². The number of nitrogens with zero attached hydrogens (tertiary/aromatic N) is 1. The van der Waals surface area contributed by atoms with Crippen LogP contribution in [0.2, 0.25) is 0 Å². The van der Waals surface area contributed by atoms with Crippen LogP contribution in [0.25, 0.3) is 33.0 Å². The number of rotatable bonds is 6. The topological polar surface area (TPSA) is 87.5 Å². The molecular formula is C24H21N3O3S. The van der Waals surface area contributed by atoms with E-state index >= 15 is 0 Å². The molecule has 0 unspecified atom stereocenters. The van der Waals surface area contributed by atoms with Gasteiger partial charge in [0.1, 0.15) is 5.58 Å². The van der Waals surface area contributed by atoms with Gasteiger partial charge in [-0.25, -0.2) is 13.1 Å². The Bertz CT molecular complexity index is 1550. The minimum Gasteiger partial charge on any atom is -0.440 e. The molecule has 0 aliphatic rings. The highest BCUT2D eigenvalue weighted by Gasteiger charge is 2.13. The molecule has 0 aliphatic heterocycles. The van der Waals surface area contributed by atoms with Crippen LogP contribution >= 0.6 is 0 Å². The van der Waals surface area contributed by atoms with Gasteiger partial charge in [-0.1, -0.05) is 48.5 Å². The third-order valence-corrected chi connectivity index (χ3v) is 6.69. The lowest BCUT2D eigenvalue weighted by molar-refractivity contribution is 0.579. The molecule has 0 bridgehead atoms. The van der Waals surface area contributed by atoms with Crippen molar-refractivity contribution in [1.29, 1.82) is 0 Å². The number of benzene rings is 3. The van der Waals surface area contributed by atoms with E-state index < -0.39 is 10.0 Å². The zero-order valence-electron chi connectivity index (χ0n) is 16.7. The summed E-state index contributed by atoms with van der Waals surface area (Å²) in [7, 11) is -3.51. The van der Waals surface area contributed by atoms with Crippen molar-refractivity contribution in [1.82, 2.24) is 9.71 Å². The van der Waals surface area contributed by atoms with E-state index in [4.69, 9.17) is 9.41 Å². The van der Waals surface area contributed by atoms with Crippen LogP contribution in [-0.4, -0.2) is 26.5 Å². The van der Waals surface area contributed by atoms with Gasteiger partial charge in [-0.3, -0.25) is 4.99 Å². The Hall–Kier alpha value is -3.42. The van der Waals surface area contributed by atoms with E-state index in [1.807, 2.05) is 48.5 Å². The van der Waals surface area contributed by atoms with Gasteiger partial charge in [0.15, 0.2) is 0 Å². The molecule has 6 nitrogen and oxygen atoms in total. The van der Waals surface area contributed by atoms with Crippen LogP contribution in [0.4, 0.5) is 0 Å². The van der Waals surface area contributed by atoms with Gasteiger partial charge >= 0.3 is 0 Å². The molecule has 5 aromatic rings. The fourth-order valence-electron chi connectivity index (χ4n) is 3.75. The van der Waals surface area contributed by atoms with E-state index in [0.29, 0.717) is 25.2 Å². The monoisotopic (exact) mass is 431 g/mol. The lowest BCUT2D eigenvalue weighted by Gasteiger charge is -2.05. The first-order chi connectivity index (χ1) is 15.1. The molecule has 0 saturated carbocycles. The van der Waals surface area contributed by atoms with Crippen molar-refractivity contribution in [2.24, 2.45) is 4.99 Å². The maximum absolute atomic E-state index is 12.4. The number of nitrogens with one attached hydrogen (secondary N) is 2. The number of fused-ring (bicyclic) bond motifs is 4. The maximum atomic E-state index is 12.4. The molecule has 0 saturated heterocycles. The van der Waals surface area contributed by atoms with Gasteiger partial charge < -0.3 is 9.40 Å². The van der Waals surface area contributed by atoms with Gasteiger partial charge in [0.25, 0.3) is 0 Å². The third kappa shape index (κ3) is 3.73. The number of para-hydroxylation sites is 2. The van der Waals surface area contributed by atoms with E-state index in [2.05, 4.69) is 9.71 Å². The number of sulfonamides is 1. The minimum atomic E-state index is -3.51. The first kappa shape index (κ1) is 19.5. The third-order valence-electron chi connectivity index (χ3n) is 5.21. The van der Waals surface area contributed by atoms with Crippen molar-refractivity contribution in [3.05, 3.63) is 84.2 Å². The molecule has 2 aromatic heterocycles. The van der Waals surface area contributed by atoms with E-state index in [0.717, 1.165) is 32.6 Å². The van der Waals surface area contributed by atoms with Gasteiger partial charge in [-0.05, 0) is 36.8 Å². The number of H-pyrrole nitrogens is 1. The smallest absolute Gasteiger partial charge is 0.240 e. The zero-order valence-corrected chi connectivity index (χ0v) is 17.5. The second kappa shape index (κ2) is 8.02. The molecule has 31 heavy (non-hydrogen) atoms. The van der Waals surface area contributed by atoms with Crippen molar-refractivity contribution < 1.29 is 12.8 Å². The van der Waals surface area contributed by atoms with E-state index in [-0.39, 0.29) is 4.90 Å². The molecule has 0 aliphatic carbocycles. The molecule has 5 rings (SSSR count). The summed E-state index contributed by atoms with van der Waals surface area (Å²) in [5.74, 6) is 0. The van der Waals surface area contributed by atoms with Crippen LogP contribution in [0.1, 0.15) is 6.42 Å². The average Bonchev–Trinajstić information content (AvgIpc) is 3.17. The van der Waals surface area contributed by atoms with E-state index in [1.54, 1.807) is 30.3 Å². The first-order valence-electron chi connectivity index (χ1n) is 10.1. The second-order valence-electron chi connectivity index (χ2n) is 7.27. The summed E-state index contributed by atoms with van der Waals surface area (Å²) in [5, 5.41) is 3.79. The first-order valence-corrected chi connectivity index (χ1v) is 11.6. The highest BCUT2D eigenvalue weighted by Crippen LogP contribution is 2.25. The molecule has 7 heteroatoms. The van der Waals surface area contributed by atoms with Gasteiger partial charge in [-0.2, -0.15) is 0 Å². The fourth-order valence-corrected chi connectivity index (χ4v) is 4.84. The summed E-state index contributed by atoms with van der Waals surface area (Å²) in [6, 6.07) is 24.2. The van der Waals surface area contributed by atoms with Crippen molar-refractivity contribution in [2.75, 3.05) is 13.1 Å². The normalized spacial score (nSPS) is 12.8. The molecule has 2 N–H and O–H groups in total. The lowest BCUT2D eigenvalue weighted by Crippen LogP contribution is -2.25. The second-order valence-corrected chi connectivity index (χ2v) is 9.03. The van der Waals surface area contributed by atoms with Crippen LogP contribution in [-0.2, 0) is 10.0 Å². The number of aromatic nitrogens is 1. The molecule has 0 spiro atoms. The number of aromatic amines is 1. The van der Waals surface area contributed by atoms with Gasteiger partial charge in [0.2, 0.25) is 15.7 Å². The molecule has 3 aromatic carbocycles. The summed E-state index contributed by atoms with van der Waals surface area (Å²) < 4.78 is 33.5. The van der Waals surface area contributed by atoms with Crippen LogP contribution in [0.3, 0.4) is 0 Å². The molecule has 0 fully saturated rings. The van der Waals surface area contributed by atoms with E-state index in [1.165, 1.54) is 0 Å². The Morgan fingerprint density at radius 1 is 0.871 bits per heavy atom. The number of hydrogen-bond donors (Lipinski definition) is 2. The van der Waals surface area contributed by atoms with Crippen molar-refractivity contribution >= 4 is 43.0 Å². The zero-order chi connectivity index (χ0) is 21.3. The average molecular weight is 432 g/mol. The molecular weight excluding hydrogens is 410 g/mol. The van der Waals surface area contributed by atoms with Crippen molar-refractivity contribution in [3.8, 4) is 0 Å². The van der Waals surface area contributed by atoms with Gasteiger partial charge in [-0.15, -0.1) is 0 Å². The molecule has 0 atom stereocenters. The number of hydrogen-bond acceptors (Lipinski definition) is 4. The predicted molar refractivity (Wildman–Crippen MR) is 122 cm³/mol. The Morgan fingerprint density at radius 3 is 2.42 bits per heavy atom. The van der Waals surface area contributed by atoms with Crippen molar-refractivity contribution in [3.63, 3.8) is 0 Å². The quantitative estimate of drug-likeness (QED) is 0.392. The van der Waals surface area contributed by atoms with Gasteiger partial charge in [0, 0.05) is 29.4 Å². The Balaban J connectivity index is 1.46. The summed E-state index contributed by atoms with van der Waals surface area (Å²) in [6.07, 6.45) is 0.580. The molecule has 2 heterocycles. The molecule has 156 valence electrons. The molecule has 0 radical (unpaired) electrons. The van der Waals surface area contributed by atoms with Crippen LogP contribution in [0.5, 0.6) is 0 Å². The Morgan fingerprint density at radius 2 is 1.58 bits per heavy atom. The minimum absolute atomic E-state index is 0.267. The molecule has 0 amide bonds. The summed E-state index contributed by atoms with van der Waals surface area (Å²) in [6.45, 7) is 0.798. The summed E-state index contributed by atoms with van der Waals surface area (Å²) in [5.41, 5.74) is 2.43.